The van der Waals surface area contributed by atoms with Gasteiger partial charge in [0.15, 0.2) is 0 Å². The molecular weight excluding hydrogens is 383 g/mol. The molecule has 0 bridgehead atoms. The van der Waals surface area contributed by atoms with Gasteiger partial charge in [-0.3, -0.25) is 0 Å². The molecule has 0 heterocycles. The second-order valence-electron chi connectivity index (χ2n) is 8.17. The standard InChI is InChI=1S/2C13H20.2ClH/c2*1-4-6-11(2)9-13-8-5-7-12(3)10-13;;/h2*5,7-8,10-11H,4,6,9H2,1-3H3;2*1H. The number of aryl methyl sites for hydroxylation is 2. The summed E-state index contributed by atoms with van der Waals surface area (Å²) >= 11 is 0. The van der Waals surface area contributed by atoms with E-state index in [-0.39, 0.29) is 24.8 Å². The van der Waals surface area contributed by atoms with Crippen molar-refractivity contribution in [2.75, 3.05) is 0 Å². The van der Waals surface area contributed by atoms with Crippen LogP contribution in [0.1, 0.15) is 75.6 Å². The monoisotopic (exact) mass is 424 g/mol. The van der Waals surface area contributed by atoms with Crippen molar-refractivity contribution in [1.29, 1.82) is 0 Å². The zero-order valence-corrected chi connectivity index (χ0v) is 20.5. The van der Waals surface area contributed by atoms with Crippen molar-refractivity contribution in [2.24, 2.45) is 11.8 Å². The van der Waals surface area contributed by atoms with Gasteiger partial charge in [-0.2, -0.15) is 0 Å². The van der Waals surface area contributed by atoms with E-state index in [4.69, 9.17) is 0 Å². The molecule has 0 N–H and O–H groups in total. The molecule has 0 amide bonds. The van der Waals surface area contributed by atoms with Crippen molar-refractivity contribution in [2.45, 2.75) is 80.1 Å². The number of benzene rings is 2. The first kappa shape index (κ1) is 29.2. The van der Waals surface area contributed by atoms with E-state index in [0.29, 0.717) is 0 Å². The summed E-state index contributed by atoms with van der Waals surface area (Å²) in [6.07, 6.45) is 7.74. The lowest BCUT2D eigenvalue weighted by Crippen LogP contribution is -1.99. The van der Waals surface area contributed by atoms with Crippen LogP contribution in [0.5, 0.6) is 0 Å². The fourth-order valence-electron chi connectivity index (χ4n) is 3.67. The quantitative estimate of drug-likeness (QED) is 0.396. The molecule has 0 nitrogen and oxygen atoms in total. The topological polar surface area (TPSA) is 0 Å². The van der Waals surface area contributed by atoms with E-state index in [2.05, 4.69) is 90.1 Å². The second-order valence-corrected chi connectivity index (χ2v) is 8.17. The van der Waals surface area contributed by atoms with E-state index in [1.165, 1.54) is 60.8 Å². The SMILES string of the molecule is CCCC(C)Cc1cccc(C)c1.CCCC(C)Cc1cccc(C)c1.Cl.Cl. The molecule has 2 rings (SSSR count). The number of hydrogen-bond acceptors (Lipinski definition) is 0. The highest BCUT2D eigenvalue weighted by Gasteiger charge is 2.02. The summed E-state index contributed by atoms with van der Waals surface area (Å²) in [4.78, 5) is 0. The van der Waals surface area contributed by atoms with E-state index in [1.54, 1.807) is 0 Å². The molecule has 2 heteroatoms. The predicted octanol–water partition coefficient (Wildman–Crippen LogP) is 8.79. The van der Waals surface area contributed by atoms with Crippen LogP contribution in [-0.4, -0.2) is 0 Å². The highest BCUT2D eigenvalue weighted by atomic mass is 35.5. The molecule has 2 aromatic carbocycles. The van der Waals surface area contributed by atoms with E-state index in [1.807, 2.05) is 0 Å². The van der Waals surface area contributed by atoms with Crippen LogP contribution in [0.3, 0.4) is 0 Å². The lowest BCUT2D eigenvalue weighted by atomic mass is 9.96. The molecule has 0 saturated heterocycles. The van der Waals surface area contributed by atoms with E-state index in [0.717, 1.165) is 11.8 Å². The van der Waals surface area contributed by atoms with Crippen LogP contribution < -0.4 is 0 Å². The van der Waals surface area contributed by atoms with Gasteiger partial charge in [0, 0.05) is 0 Å². The maximum atomic E-state index is 2.34. The fourth-order valence-corrected chi connectivity index (χ4v) is 3.67. The smallest absolute Gasteiger partial charge is 0.0253 e. The van der Waals surface area contributed by atoms with E-state index < -0.39 is 0 Å². The largest absolute Gasteiger partial charge is 0.147 e. The predicted molar refractivity (Wildman–Crippen MR) is 132 cm³/mol. The molecular formula is C26H42Cl2. The highest BCUT2D eigenvalue weighted by Crippen LogP contribution is 2.15. The normalized spacial score (nSPS) is 11.9. The van der Waals surface area contributed by atoms with Crippen molar-refractivity contribution in [3.8, 4) is 0 Å². The lowest BCUT2D eigenvalue weighted by Gasteiger charge is -2.09. The minimum Gasteiger partial charge on any atom is -0.147 e. The summed E-state index contributed by atoms with van der Waals surface area (Å²) in [5, 5.41) is 0. The maximum absolute atomic E-state index is 2.34. The van der Waals surface area contributed by atoms with Gasteiger partial charge in [0.25, 0.3) is 0 Å². The third-order valence-corrected chi connectivity index (χ3v) is 4.90. The Kier molecular flexibility index (Phi) is 17.7. The molecule has 2 atom stereocenters. The first-order valence-electron chi connectivity index (χ1n) is 10.6. The molecule has 160 valence electrons. The lowest BCUT2D eigenvalue weighted by molar-refractivity contribution is 0.522. The molecule has 0 fully saturated rings. The Balaban J connectivity index is 0. The summed E-state index contributed by atoms with van der Waals surface area (Å²) < 4.78 is 0. The van der Waals surface area contributed by atoms with Crippen molar-refractivity contribution in [1.82, 2.24) is 0 Å². The number of halogens is 2. The van der Waals surface area contributed by atoms with Gasteiger partial charge in [0.2, 0.25) is 0 Å². The summed E-state index contributed by atoms with van der Waals surface area (Å²) in [6.45, 7) is 13.5. The minimum absolute atomic E-state index is 0. The third kappa shape index (κ3) is 13.2. The van der Waals surface area contributed by atoms with Crippen LogP contribution in [-0.2, 0) is 12.8 Å². The van der Waals surface area contributed by atoms with E-state index >= 15 is 0 Å². The molecule has 0 radical (unpaired) electrons. The number of rotatable bonds is 8. The van der Waals surface area contributed by atoms with Crippen LogP contribution in [0.2, 0.25) is 0 Å². The van der Waals surface area contributed by atoms with Crippen molar-refractivity contribution in [3.63, 3.8) is 0 Å². The van der Waals surface area contributed by atoms with Crippen molar-refractivity contribution >= 4 is 24.8 Å². The van der Waals surface area contributed by atoms with Gasteiger partial charge in [-0.15, -0.1) is 24.8 Å². The first-order valence-corrected chi connectivity index (χ1v) is 10.6. The van der Waals surface area contributed by atoms with Gasteiger partial charge in [-0.1, -0.05) is 113 Å². The minimum atomic E-state index is 0. The molecule has 2 aromatic rings. The van der Waals surface area contributed by atoms with Gasteiger partial charge >= 0.3 is 0 Å². The molecule has 0 aliphatic heterocycles. The van der Waals surface area contributed by atoms with Crippen molar-refractivity contribution in [3.05, 3.63) is 70.8 Å². The Bertz CT molecular complexity index is 566. The third-order valence-electron chi connectivity index (χ3n) is 4.90. The molecule has 2 unspecified atom stereocenters. The summed E-state index contributed by atoms with van der Waals surface area (Å²) in [5.74, 6) is 1.65. The summed E-state index contributed by atoms with van der Waals surface area (Å²) in [6, 6.07) is 17.7. The van der Waals surface area contributed by atoms with Crippen LogP contribution in [0.25, 0.3) is 0 Å². The molecule has 0 aliphatic rings. The van der Waals surface area contributed by atoms with Gasteiger partial charge in [-0.05, 0) is 49.7 Å². The van der Waals surface area contributed by atoms with Crippen molar-refractivity contribution < 1.29 is 0 Å². The Labute approximate surface area is 187 Å². The zero-order valence-electron chi connectivity index (χ0n) is 18.8. The summed E-state index contributed by atoms with van der Waals surface area (Å²) in [7, 11) is 0. The summed E-state index contributed by atoms with van der Waals surface area (Å²) in [5.41, 5.74) is 5.73. The number of hydrogen-bond donors (Lipinski definition) is 0. The Morgan fingerprint density at radius 2 is 1.00 bits per heavy atom. The van der Waals surface area contributed by atoms with Crippen LogP contribution in [0, 0.1) is 25.7 Å². The Hall–Kier alpha value is -0.980. The average Bonchev–Trinajstić information content (AvgIpc) is 2.56. The second kappa shape index (κ2) is 16.9. The van der Waals surface area contributed by atoms with Crippen LogP contribution in [0.4, 0.5) is 0 Å². The molecule has 0 aromatic heterocycles. The first-order chi connectivity index (χ1) is 12.4. The van der Waals surface area contributed by atoms with Gasteiger partial charge in [0.05, 0.1) is 0 Å². The average molecular weight is 426 g/mol. The fraction of sp³-hybridized carbons (Fsp3) is 0.538. The van der Waals surface area contributed by atoms with E-state index in [9.17, 15) is 0 Å². The van der Waals surface area contributed by atoms with Crippen LogP contribution >= 0.6 is 24.8 Å². The molecule has 0 aliphatic carbocycles. The van der Waals surface area contributed by atoms with Crippen LogP contribution in [0.15, 0.2) is 48.5 Å². The Morgan fingerprint density at radius 1 is 0.643 bits per heavy atom. The zero-order chi connectivity index (χ0) is 19.4. The molecule has 0 saturated carbocycles. The molecule has 28 heavy (non-hydrogen) atoms. The highest BCUT2D eigenvalue weighted by molar-refractivity contribution is 5.85. The van der Waals surface area contributed by atoms with Gasteiger partial charge in [-0.25, -0.2) is 0 Å². The maximum Gasteiger partial charge on any atom is -0.0253 e. The molecule has 0 spiro atoms. The van der Waals surface area contributed by atoms with Gasteiger partial charge < -0.3 is 0 Å². The Morgan fingerprint density at radius 3 is 1.29 bits per heavy atom. The van der Waals surface area contributed by atoms with Gasteiger partial charge in [0.1, 0.15) is 0 Å².